The summed E-state index contributed by atoms with van der Waals surface area (Å²) >= 11 is 0. The van der Waals surface area contributed by atoms with Gasteiger partial charge in [-0.15, -0.1) is 0 Å². The average molecular weight is 246 g/mol. The van der Waals surface area contributed by atoms with Gasteiger partial charge < -0.3 is 9.47 Å². The van der Waals surface area contributed by atoms with Gasteiger partial charge in [0.1, 0.15) is 6.10 Å². The van der Waals surface area contributed by atoms with E-state index in [1.54, 1.807) is 0 Å². The molecule has 1 aromatic carbocycles. The van der Waals surface area contributed by atoms with Crippen LogP contribution < -0.4 is 0 Å². The first-order valence-electron chi connectivity index (χ1n) is 6.59. The van der Waals surface area contributed by atoms with Gasteiger partial charge in [-0.2, -0.15) is 0 Å². The maximum absolute atomic E-state index is 11.6. The standard InChI is InChI=1S/C15H18O3/c1-10-12-7-8-13(16)14(12)18-15(10)17-9-11-5-3-2-4-6-11/h2-6,10,12,14-15H,7-9H2,1H3/t10-,12-,14+,15-/m0/s1. The zero-order valence-electron chi connectivity index (χ0n) is 10.5. The number of fused-ring (bicyclic) bond motifs is 1. The molecule has 1 saturated heterocycles. The van der Waals surface area contributed by atoms with Crippen molar-refractivity contribution in [2.24, 2.45) is 11.8 Å². The van der Waals surface area contributed by atoms with Crippen molar-refractivity contribution in [3.8, 4) is 0 Å². The molecular formula is C15H18O3. The molecule has 2 fully saturated rings. The summed E-state index contributed by atoms with van der Waals surface area (Å²) in [6, 6.07) is 10.0. The molecule has 1 aliphatic heterocycles. The molecule has 1 aliphatic carbocycles. The Bertz CT molecular complexity index is 429. The molecule has 1 heterocycles. The van der Waals surface area contributed by atoms with Crippen LogP contribution in [0.5, 0.6) is 0 Å². The molecule has 1 saturated carbocycles. The van der Waals surface area contributed by atoms with Crippen LogP contribution in [0.15, 0.2) is 30.3 Å². The molecule has 0 N–H and O–H groups in total. The van der Waals surface area contributed by atoms with Crippen molar-refractivity contribution >= 4 is 5.78 Å². The fraction of sp³-hybridized carbons (Fsp3) is 0.533. The average Bonchev–Trinajstić information content (AvgIpc) is 2.91. The van der Waals surface area contributed by atoms with E-state index in [0.29, 0.717) is 24.9 Å². The monoisotopic (exact) mass is 246 g/mol. The van der Waals surface area contributed by atoms with Gasteiger partial charge in [0, 0.05) is 18.3 Å². The summed E-state index contributed by atoms with van der Waals surface area (Å²) in [5, 5.41) is 0. The van der Waals surface area contributed by atoms with Crippen LogP contribution in [-0.4, -0.2) is 18.2 Å². The van der Waals surface area contributed by atoms with Crippen molar-refractivity contribution in [3.05, 3.63) is 35.9 Å². The highest BCUT2D eigenvalue weighted by Gasteiger charge is 2.49. The molecule has 3 heteroatoms. The second-order valence-corrected chi connectivity index (χ2v) is 5.25. The van der Waals surface area contributed by atoms with Crippen molar-refractivity contribution in [2.75, 3.05) is 0 Å². The quantitative estimate of drug-likeness (QED) is 0.822. The van der Waals surface area contributed by atoms with Crippen LogP contribution in [0.25, 0.3) is 0 Å². The van der Waals surface area contributed by atoms with Gasteiger partial charge in [-0.05, 0) is 12.0 Å². The zero-order chi connectivity index (χ0) is 12.5. The molecule has 1 aromatic rings. The predicted molar refractivity (Wildman–Crippen MR) is 66.8 cm³/mol. The van der Waals surface area contributed by atoms with E-state index in [-0.39, 0.29) is 18.2 Å². The first-order valence-corrected chi connectivity index (χ1v) is 6.59. The third-order valence-electron chi connectivity index (χ3n) is 4.07. The van der Waals surface area contributed by atoms with E-state index >= 15 is 0 Å². The molecule has 3 rings (SSSR count). The van der Waals surface area contributed by atoms with Crippen LogP contribution >= 0.6 is 0 Å². The molecule has 0 amide bonds. The molecule has 2 aliphatic rings. The molecule has 0 bridgehead atoms. The Labute approximate surface area is 107 Å². The number of benzene rings is 1. The van der Waals surface area contributed by atoms with Gasteiger partial charge in [-0.3, -0.25) is 4.79 Å². The molecule has 4 atom stereocenters. The normalized spacial score (nSPS) is 34.8. The molecule has 3 nitrogen and oxygen atoms in total. The maximum atomic E-state index is 11.6. The fourth-order valence-electron chi connectivity index (χ4n) is 2.97. The second kappa shape index (κ2) is 4.82. The lowest BCUT2D eigenvalue weighted by molar-refractivity contribution is -0.163. The van der Waals surface area contributed by atoms with E-state index in [9.17, 15) is 4.79 Å². The number of hydrogen-bond acceptors (Lipinski definition) is 3. The number of Topliss-reactive ketones (excluding diaryl/α,β-unsaturated/α-hetero) is 1. The number of ether oxygens (including phenoxy) is 2. The number of rotatable bonds is 3. The highest BCUT2D eigenvalue weighted by Crippen LogP contribution is 2.41. The lowest BCUT2D eigenvalue weighted by atomic mass is 9.93. The number of ketones is 1. The van der Waals surface area contributed by atoms with Gasteiger partial charge in [0.25, 0.3) is 0 Å². The minimum Gasteiger partial charge on any atom is -0.348 e. The Hall–Kier alpha value is -1.19. The van der Waals surface area contributed by atoms with E-state index in [4.69, 9.17) is 9.47 Å². The van der Waals surface area contributed by atoms with Crippen LogP contribution in [0.3, 0.4) is 0 Å². The van der Waals surface area contributed by atoms with Crippen LogP contribution in [-0.2, 0) is 20.9 Å². The Morgan fingerprint density at radius 3 is 2.83 bits per heavy atom. The molecule has 0 radical (unpaired) electrons. The smallest absolute Gasteiger partial charge is 0.161 e. The van der Waals surface area contributed by atoms with E-state index in [0.717, 1.165) is 12.0 Å². The fourth-order valence-corrected chi connectivity index (χ4v) is 2.97. The Kier molecular flexibility index (Phi) is 3.18. The Morgan fingerprint density at radius 2 is 2.11 bits per heavy atom. The van der Waals surface area contributed by atoms with E-state index < -0.39 is 0 Å². The van der Waals surface area contributed by atoms with Gasteiger partial charge in [0.2, 0.25) is 0 Å². The first-order chi connectivity index (χ1) is 8.75. The Balaban J connectivity index is 1.60. The summed E-state index contributed by atoms with van der Waals surface area (Å²) in [6.45, 7) is 2.67. The van der Waals surface area contributed by atoms with Crippen LogP contribution in [0.2, 0.25) is 0 Å². The van der Waals surface area contributed by atoms with Crippen molar-refractivity contribution in [1.82, 2.24) is 0 Å². The molecule has 0 spiro atoms. The van der Waals surface area contributed by atoms with Gasteiger partial charge >= 0.3 is 0 Å². The predicted octanol–water partition coefficient (Wildman–Crippen LogP) is 2.54. The van der Waals surface area contributed by atoms with Crippen LogP contribution in [0.4, 0.5) is 0 Å². The van der Waals surface area contributed by atoms with Crippen molar-refractivity contribution < 1.29 is 14.3 Å². The minimum atomic E-state index is -0.232. The summed E-state index contributed by atoms with van der Waals surface area (Å²) < 4.78 is 11.6. The highest BCUT2D eigenvalue weighted by molar-refractivity contribution is 5.85. The number of carbonyl (C=O) groups is 1. The van der Waals surface area contributed by atoms with E-state index in [1.807, 2.05) is 30.3 Å². The van der Waals surface area contributed by atoms with Crippen molar-refractivity contribution in [1.29, 1.82) is 0 Å². The third kappa shape index (κ3) is 2.08. The van der Waals surface area contributed by atoms with Gasteiger partial charge in [0.05, 0.1) is 6.61 Å². The van der Waals surface area contributed by atoms with E-state index in [1.165, 1.54) is 0 Å². The second-order valence-electron chi connectivity index (χ2n) is 5.25. The van der Waals surface area contributed by atoms with Gasteiger partial charge in [0.15, 0.2) is 12.1 Å². The highest BCUT2D eigenvalue weighted by atomic mass is 16.7. The third-order valence-corrected chi connectivity index (χ3v) is 4.07. The molecule has 0 unspecified atom stereocenters. The molecule has 0 aromatic heterocycles. The summed E-state index contributed by atoms with van der Waals surface area (Å²) in [4.78, 5) is 11.6. The minimum absolute atomic E-state index is 0.208. The van der Waals surface area contributed by atoms with E-state index in [2.05, 4.69) is 6.92 Å². The zero-order valence-corrected chi connectivity index (χ0v) is 10.5. The Morgan fingerprint density at radius 1 is 1.33 bits per heavy atom. The van der Waals surface area contributed by atoms with Crippen LogP contribution in [0, 0.1) is 11.8 Å². The first kappa shape index (κ1) is 11.9. The summed E-state index contributed by atoms with van der Waals surface area (Å²) in [5.74, 6) is 0.918. The van der Waals surface area contributed by atoms with Crippen molar-refractivity contribution in [2.45, 2.75) is 38.8 Å². The van der Waals surface area contributed by atoms with Gasteiger partial charge in [-0.1, -0.05) is 37.3 Å². The molecule has 96 valence electrons. The molecule has 18 heavy (non-hydrogen) atoms. The number of carbonyl (C=O) groups excluding carboxylic acids is 1. The van der Waals surface area contributed by atoms with Crippen molar-refractivity contribution in [3.63, 3.8) is 0 Å². The van der Waals surface area contributed by atoms with Crippen LogP contribution in [0.1, 0.15) is 25.3 Å². The largest absolute Gasteiger partial charge is 0.348 e. The summed E-state index contributed by atoms with van der Waals surface area (Å²) in [7, 11) is 0. The SMILES string of the molecule is C[C@@H]1[C@@H](OCc2ccccc2)O[C@H]2C(=O)CC[C@@H]12. The van der Waals surface area contributed by atoms with Gasteiger partial charge in [-0.25, -0.2) is 0 Å². The summed E-state index contributed by atoms with van der Waals surface area (Å²) in [5.41, 5.74) is 1.14. The number of hydrogen-bond donors (Lipinski definition) is 0. The lowest BCUT2D eigenvalue weighted by Gasteiger charge is -2.18. The maximum Gasteiger partial charge on any atom is 0.161 e. The molecular weight excluding hydrogens is 228 g/mol. The summed E-state index contributed by atoms with van der Waals surface area (Å²) in [6.07, 6.45) is 1.19. The topological polar surface area (TPSA) is 35.5 Å². The lowest BCUT2D eigenvalue weighted by Crippen LogP contribution is -2.21.